The maximum Gasteiger partial charge on any atom is 0.129 e. The van der Waals surface area contributed by atoms with E-state index in [-0.39, 0.29) is 12.4 Å². The Morgan fingerprint density at radius 2 is 2.00 bits per heavy atom. The van der Waals surface area contributed by atoms with Gasteiger partial charge in [0.25, 0.3) is 0 Å². The molecule has 0 aliphatic rings. The Balaban J connectivity index is 2.09. The van der Waals surface area contributed by atoms with Gasteiger partial charge in [0.1, 0.15) is 18.2 Å². The van der Waals surface area contributed by atoms with E-state index in [4.69, 9.17) is 10.5 Å². The molecule has 2 aromatic carbocycles. The SMILES string of the molecule is Cc1cc(C#CCN)ccc1OCc1ccccc1F. The predicted molar refractivity (Wildman–Crippen MR) is 77.8 cm³/mol. The molecule has 0 fully saturated rings. The fourth-order valence-corrected chi connectivity index (χ4v) is 1.81. The monoisotopic (exact) mass is 269 g/mol. The van der Waals surface area contributed by atoms with E-state index in [1.165, 1.54) is 6.07 Å². The number of halogens is 1. The van der Waals surface area contributed by atoms with Crippen LogP contribution >= 0.6 is 0 Å². The molecule has 0 radical (unpaired) electrons. The molecule has 0 unspecified atom stereocenters. The average molecular weight is 269 g/mol. The van der Waals surface area contributed by atoms with E-state index in [1.54, 1.807) is 18.2 Å². The van der Waals surface area contributed by atoms with E-state index >= 15 is 0 Å². The summed E-state index contributed by atoms with van der Waals surface area (Å²) in [4.78, 5) is 0. The van der Waals surface area contributed by atoms with Crippen LogP contribution in [-0.2, 0) is 6.61 Å². The number of hydrogen-bond donors (Lipinski definition) is 1. The van der Waals surface area contributed by atoms with Gasteiger partial charge in [-0.2, -0.15) is 0 Å². The van der Waals surface area contributed by atoms with Crippen molar-refractivity contribution in [1.29, 1.82) is 0 Å². The van der Waals surface area contributed by atoms with Gasteiger partial charge >= 0.3 is 0 Å². The summed E-state index contributed by atoms with van der Waals surface area (Å²) in [5.41, 5.74) is 7.74. The lowest BCUT2D eigenvalue weighted by atomic mass is 10.1. The molecule has 0 atom stereocenters. The van der Waals surface area contributed by atoms with Crippen molar-refractivity contribution in [2.45, 2.75) is 13.5 Å². The van der Waals surface area contributed by atoms with Crippen molar-refractivity contribution in [2.75, 3.05) is 6.54 Å². The summed E-state index contributed by atoms with van der Waals surface area (Å²) in [7, 11) is 0. The largest absolute Gasteiger partial charge is 0.489 e. The summed E-state index contributed by atoms with van der Waals surface area (Å²) >= 11 is 0. The van der Waals surface area contributed by atoms with Crippen molar-refractivity contribution in [2.24, 2.45) is 5.73 Å². The standard InChI is InChI=1S/C17H16FNO/c1-13-11-14(5-4-10-19)8-9-17(13)20-12-15-6-2-3-7-16(15)18/h2-3,6-9,11H,10,12,19H2,1H3. The van der Waals surface area contributed by atoms with Gasteiger partial charge in [-0.1, -0.05) is 30.0 Å². The van der Waals surface area contributed by atoms with Crippen molar-refractivity contribution in [1.82, 2.24) is 0 Å². The number of hydrogen-bond acceptors (Lipinski definition) is 2. The topological polar surface area (TPSA) is 35.2 Å². The van der Waals surface area contributed by atoms with Gasteiger partial charge in [0, 0.05) is 11.1 Å². The summed E-state index contributed by atoms with van der Waals surface area (Å²) in [6.45, 7) is 2.48. The second-order valence-corrected chi connectivity index (χ2v) is 4.37. The number of rotatable bonds is 3. The molecule has 3 heteroatoms. The highest BCUT2D eigenvalue weighted by Gasteiger charge is 2.04. The third-order valence-electron chi connectivity index (χ3n) is 2.85. The fraction of sp³-hybridized carbons (Fsp3) is 0.176. The first kappa shape index (κ1) is 14.1. The van der Waals surface area contributed by atoms with Gasteiger partial charge < -0.3 is 10.5 Å². The number of benzene rings is 2. The fourth-order valence-electron chi connectivity index (χ4n) is 1.81. The summed E-state index contributed by atoms with van der Waals surface area (Å²) < 4.78 is 19.1. The van der Waals surface area contributed by atoms with Gasteiger partial charge in [0.15, 0.2) is 0 Å². The van der Waals surface area contributed by atoms with E-state index in [0.717, 1.165) is 16.9 Å². The third kappa shape index (κ3) is 3.59. The Bertz CT molecular complexity index is 656. The van der Waals surface area contributed by atoms with Crippen LogP contribution in [0.5, 0.6) is 5.75 Å². The van der Waals surface area contributed by atoms with Crippen LogP contribution in [0, 0.1) is 24.6 Å². The number of ether oxygens (including phenoxy) is 1. The zero-order valence-electron chi connectivity index (χ0n) is 11.3. The molecule has 2 nitrogen and oxygen atoms in total. The highest BCUT2D eigenvalue weighted by Crippen LogP contribution is 2.20. The predicted octanol–water partition coefficient (Wildman–Crippen LogP) is 3.02. The Morgan fingerprint density at radius 1 is 1.20 bits per heavy atom. The lowest BCUT2D eigenvalue weighted by molar-refractivity contribution is 0.298. The van der Waals surface area contributed by atoms with E-state index in [1.807, 2.05) is 25.1 Å². The first-order valence-electron chi connectivity index (χ1n) is 6.36. The number of aryl methyl sites for hydroxylation is 1. The Hall–Kier alpha value is -2.31. The van der Waals surface area contributed by atoms with Crippen LogP contribution in [-0.4, -0.2) is 6.54 Å². The zero-order valence-corrected chi connectivity index (χ0v) is 11.3. The molecule has 2 aromatic rings. The van der Waals surface area contributed by atoms with Gasteiger partial charge in [0.05, 0.1) is 6.54 Å². The quantitative estimate of drug-likeness (QED) is 0.869. The molecular weight excluding hydrogens is 253 g/mol. The third-order valence-corrected chi connectivity index (χ3v) is 2.85. The van der Waals surface area contributed by atoms with Gasteiger partial charge in [-0.25, -0.2) is 4.39 Å². The van der Waals surface area contributed by atoms with Gasteiger partial charge in [-0.15, -0.1) is 0 Å². The summed E-state index contributed by atoms with van der Waals surface area (Å²) in [6, 6.07) is 12.2. The molecule has 102 valence electrons. The highest BCUT2D eigenvalue weighted by atomic mass is 19.1. The maximum atomic E-state index is 13.5. The second-order valence-electron chi connectivity index (χ2n) is 4.37. The molecule has 0 aromatic heterocycles. The first-order chi connectivity index (χ1) is 9.70. The van der Waals surface area contributed by atoms with E-state index in [0.29, 0.717) is 12.1 Å². The molecule has 0 aliphatic heterocycles. The minimum atomic E-state index is -0.254. The molecule has 20 heavy (non-hydrogen) atoms. The molecular formula is C17H16FNO. The summed E-state index contributed by atoms with van der Waals surface area (Å²) in [5, 5.41) is 0. The van der Waals surface area contributed by atoms with Crippen molar-refractivity contribution in [3.8, 4) is 17.6 Å². The Kier molecular flexibility index (Phi) is 4.75. The van der Waals surface area contributed by atoms with Crippen molar-refractivity contribution >= 4 is 0 Å². The Morgan fingerprint density at radius 3 is 2.70 bits per heavy atom. The molecule has 0 saturated heterocycles. The molecule has 2 N–H and O–H groups in total. The smallest absolute Gasteiger partial charge is 0.129 e. The number of nitrogens with two attached hydrogens (primary N) is 1. The van der Waals surface area contributed by atoms with Crippen molar-refractivity contribution in [3.63, 3.8) is 0 Å². The minimum absolute atomic E-state index is 0.210. The van der Waals surface area contributed by atoms with E-state index < -0.39 is 0 Å². The average Bonchev–Trinajstić information content (AvgIpc) is 2.45. The van der Waals surface area contributed by atoms with Crippen LogP contribution in [0.3, 0.4) is 0 Å². The van der Waals surface area contributed by atoms with Crippen LogP contribution in [0.25, 0.3) is 0 Å². The summed E-state index contributed by atoms with van der Waals surface area (Å²) in [5.74, 6) is 6.24. The zero-order chi connectivity index (χ0) is 14.4. The van der Waals surface area contributed by atoms with E-state index in [9.17, 15) is 4.39 Å². The first-order valence-corrected chi connectivity index (χ1v) is 6.36. The second kappa shape index (κ2) is 6.74. The minimum Gasteiger partial charge on any atom is -0.489 e. The van der Waals surface area contributed by atoms with Crippen LogP contribution in [0.15, 0.2) is 42.5 Å². The van der Waals surface area contributed by atoms with Crippen molar-refractivity contribution in [3.05, 3.63) is 65.0 Å². The highest BCUT2D eigenvalue weighted by molar-refractivity contribution is 5.43. The molecule has 0 bridgehead atoms. The Labute approximate surface area is 118 Å². The molecule has 2 rings (SSSR count). The lowest BCUT2D eigenvalue weighted by Gasteiger charge is -2.10. The molecule has 0 heterocycles. The van der Waals surface area contributed by atoms with Gasteiger partial charge in [-0.3, -0.25) is 0 Å². The van der Waals surface area contributed by atoms with E-state index in [2.05, 4.69) is 11.8 Å². The van der Waals surface area contributed by atoms with Crippen LogP contribution in [0.4, 0.5) is 4.39 Å². The van der Waals surface area contributed by atoms with Crippen LogP contribution in [0.1, 0.15) is 16.7 Å². The maximum absolute atomic E-state index is 13.5. The van der Waals surface area contributed by atoms with Crippen LogP contribution in [0.2, 0.25) is 0 Å². The normalized spacial score (nSPS) is 9.75. The lowest BCUT2D eigenvalue weighted by Crippen LogP contribution is -1.99. The molecule has 0 amide bonds. The van der Waals surface area contributed by atoms with Crippen molar-refractivity contribution < 1.29 is 9.13 Å². The molecule has 0 spiro atoms. The molecule has 0 aliphatic carbocycles. The molecule has 0 saturated carbocycles. The van der Waals surface area contributed by atoms with Gasteiger partial charge in [-0.05, 0) is 36.8 Å². The van der Waals surface area contributed by atoms with Crippen LogP contribution < -0.4 is 10.5 Å². The summed E-state index contributed by atoms with van der Waals surface area (Å²) in [6.07, 6.45) is 0. The van der Waals surface area contributed by atoms with Gasteiger partial charge in [0.2, 0.25) is 0 Å².